The molecule has 3 aliphatic rings. The van der Waals surface area contributed by atoms with E-state index >= 15 is 0 Å². The minimum atomic E-state index is 0.588. The summed E-state index contributed by atoms with van der Waals surface area (Å²) in [5, 5.41) is 3.73. The molecule has 3 fully saturated rings. The SMILES string of the molecule is CC(C)CN1CCN(C(C)C)C(C2CN(I)C(C3CNCCN3CC(C)C)CN2CC(C)C)C1. The number of hydrogen-bond donors (Lipinski definition) is 1. The Balaban J connectivity index is 1.82. The second kappa shape index (κ2) is 13.3. The van der Waals surface area contributed by atoms with Gasteiger partial charge in [0.05, 0.1) is 0 Å². The van der Waals surface area contributed by atoms with E-state index in [-0.39, 0.29) is 0 Å². The van der Waals surface area contributed by atoms with Crippen LogP contribution >= 0.6 is 22.9 Å². The van der Waals surface area contributed by atoms with Crippen molar-refractivity contribution < 1.29 is 0 Å². The summed E-state index contributed by atoms with van der Waals surface area (Å²) in [5.41, 5.74) is 0. The van der Waals surface area contributed by atoms with E-state index in [0.717, 1.165) is 24.9 Å². The Hall–Kier alpha value is 0.490. The first-order valence-corrected chi connectivity index (χ1v) is 15.1. The lowest BCUT2D eigenvalue weighted by Crippen LogP contribution is -2.71. The fourth-order valence-electron chi connectivity index (χ4n) is 6.64. The van der Waals surface area contributed by atoms with Crippen LogP contribution < -0.4 is 5.32 Å². The number of nitrogens with one attached hydrogen (secondary N) is 1. The number of halogens is 1. The smallest absolute Gasteiger partial charge is 0.0490 e. The summed E-state index contributed by atoms with van der Waals surface area (Å²) >= 11 is 2.69. The molecular formula is C27H55IN6. The number of rotatable bonds is 9. The zero-order valence-corrected chi connectivity index (χ0v) is 25.7. The minimum absolute atomic E-state index is 0.588. The molecule has 200 valence electrons. The molecule has 3 rings (SSSR count). The van der Waals surface area contributed by atoms with E-state index in [0.29, 0.717) is 36.1 Å². The first-order valence-electron chi connectivity index (χ1n) is 14.2. The van der Waals surface area contributed by atoms with Crippen LogP contribution in [-0.2, 0) is 0 Å². The molecule has 0 amide bonds. The van der Waals surface area contributed by atoms with E-state index < -0.39 is 0 Å². The van der Waals surface area contributed by atoms with E-state index in [1.165, 1.54) is 58.9 Å². The molecule has 4 atom stereocenters. The summed E-state index contributed by atoms with van der Waals surface area (Å²) in [7, 11) is 0. The third kappa shape index (κ3) is 7.75. The topological polar surface area (TPSA) is 28.2 Å². The van der Waals surface area contributed by atoms with E-state index in [1.807, 2.05) is 0 Å². The molecule has 0 aromatic carbocycles. The summed E-state index contributed by atoms with van der Waals surface area (Å²) in [6, 6.07) is 3.01. The summed E-state index contributed by atoms with van der Waals surface area (Å²) < 4.78 is 2.71. The Labute approximate surface area is 225 Å². The van der Waals surface area contributed by atoms with Crippen LogP contribution in [0.4, 0.5) is 0 Å². The van der Waals surface area contributed by atoms with Crippen LogP contribution in [0.15, 0.2) is 0 Å². The van der Waals surface area contributed by atoms with Gasteiger partial charge in [-0.3, -0.25) is 14.7 Å². The highest BCUT2D eigenvalue weighted by Crippen LogP contribution is 2.30. The van der Waals surface area contributed by atoms with Crippen molar-refractivity contribution in [2.24, 2.45) is 17.8 Å². The van der Waals surface area contributed by atoms with Crippen molar-refractivity contribution in [3.05, 3.63) is 0 Å². The minimum Gasteiger partial charge on any atom is -0.314 e. The molecule has 7 heteroatoms. The van der Waals surface area contributed by atoms with Crippen molar-refractivity contribution in [1.82, 2.24) is 28.0 Å². The molecule has 1 N–H and O–H groups in total. The molecule has 0 saturated carbocycles. The highest BCUT2D eigenvalue weighted by atomic mass is 127. The first kappa shape index (κ1) is 29.1. The van der Waals surface area contributed by atoms with Gasteiger partial charge in [0.2, 0.25) is 0 Å². The average Bonchev–Trinajstić information content (AvgIpc) is 2.74. The number of piperazine rings is 3. The van der Waals surface area contributed by atoms with Crippen molar-refractivity contribution in [2.75, 3.05) is 72.0 Å². The van der Waals surface area contributed by atoms with Gasteiger partial charge in [-0.2, -0.15) is 0 Å². The van der Waals surface area contributed by atoms with Gasteiger partial charge in [-0.1, -0.05) is 41.5 Å². The maximum Gasteiger partial charge on any atom is 0.0490 e. The Bertz CT molecular complexity index is 600. The molecule has 0 bridgehead atoms. The molecule has 3 aliphatic heterocycles. The van der Waals surface area contributed by atoms with Crippen LogP contribution in [0.2, 0.25) is 0 Å². The van der Waals surface area contributed by atoms with Crippen molar-refractivity contribution >= 4 is 22.9 Å². The van der Waals surface area contributed by atoms with Crippen LogP contribution in [0.5, 0.6) is 0 Å². The van der Waals surface area contributed by atoms with Gasteiger partial charge in [0, 0.05) is 125 Å². The Kier molecular flexibility index (Phi) is 11.4. The first-order chi connectivity index (χ1) is 16.1. The fraction of sp³-hybridized carbons (Fsp3) is 1.00. The van der Waals surface area contributed by atoms with Crippen LogP contribution in [0.25, 0.3) is 0 Å². The standard InChI is InChI=1S/C27H55IN6/c1-20(2)14-30-11-12-33(23(7)8)26(17-30)25-19-34(28)27(18-32(25)16-22(5)6)24-13-29-9-10-31(24)15-21(3)4/h20-27,29H,9-19H2,1-8H3. The Morgan fingerprint density at radius 1 is 0.676 bits per heavy atom. The molecule has 34 heavy (non-hydrogen) atoms. The molecule has 6 nitrogen and oxygen atoms in total. The zero-order chi connectivity index (χ0) is 25.0. The van der Waals surface area contributed by atoms with Crippen LogP contribution in [0.1, 0.15) is 55.4 Å². The van der Waals surface area contributed by atoms with Gasteiger partial charge in [0.1, 0.15) is 0 Å². The Morgan fingerprint density at radius 2 is 1.32 bits per heavy atom. The molecule has 0 aromatic rings. The fourth-order valence-corrected chi connectivity index (χ4v) is 7.59. The lowest BCUT2D eigenvalue weighted by Gasteiger charge is -2.55. The van der Waals surface area contributed by atoms with Crippen molar-refractivity contribution in [1.29, 1.82) is 0 Å². The van der Waals surface area contributed by atoms with Crippen molar-refractivity contribution in [2.45, 2.75) is 85.6 Å². The molecule has 0 aliphatic carbocycles. The molecule has 3 heterocycles. The van der Waals surface area contributed by atoms with E-state index in [9.17, 15) is 0 Å². The average molecular weight is 591 g/mol. The molecule has 4 unspecified atom stereocenters. The monoisotopic (exact) mass is 590 g/mol. The third-order valence-corrected chi connectivity index (χ3v) is 9.04. The normalized spacial score (nSPS) is 32.0. The van der Waals surface area contributed by atoms with E-state index in [1.54, 1.807) is 0 Å². The third-order valence-electron chi connectivity index (χ3n) is 7.93. The highest BCUT2D eigenvalue weighted by Gasteiger charge is 2.45. The second-order valence-corrected chi connectivity index (χ2v) is 14.0. The van der Waals surface area contributed by atoms with Crippen molar-refractivity contribution in [3.8, 4) is 0 Å². The summed E-state index contributed by atoms with van der Waals surface area (Å²) in [5.74, 6) is 2.16. The largest absolute Gasteiger partial charge is 0.314 e. The van der Waals surface area contributed by atoms with E-state index in [4.69, 9.17) is 0 Å². The van der Waals surface area contributed by atoms with Gasteiger partial charge >= 0.3 is 0 Å². The summed E-state index contributed by atoms with van der Waals surface area (Å²) in [6.45, 7) is 32.2. The van der Waals surface area contributed by atoms with Gasteiger partial charge in [-0.25, -0.2) is 3.11 Å². The summed E-state index contributed by atoms with van der Waals surface area (Å²) in [4.78, 5) is 11.3. The quantitative estimate of drug-likeness (QED) is 0.328. The van der Waals surface area contributed by atoms with Gasteiger partial charge < -0.3 is 10.2 Å². The zero-order valence-electron chi connectivity index (χ0n) is 23.5. The lowest BCUT2D eigenvalue weighted by molar-refractivity contribution is -0.0456. The summed E-state index contributed by atoms with van der Waals surface area (Å²) in [6.07, 6.45) is 0. The van der Waals surface area contributed by atoms with Crippen LogP contribution in [0.3, 0.4) is 0 Å². The predicted molar refractivity (Wildman–Crippen MR) is 155 cm³/mol. The maximum atomic E-state index is 3.73. The molecule has 0 spiro atoms. The molecular weight excluding hydrogens is 535 g/mol. The second-order valence-electron chi connectivity index (χ2n) is 12.8. The van der Waals surface area contributed by atoms with Gasteiger partial charge in [0.25, 0.3) is 0 Å². The number of nitrogens with zero attached hydrogens (tertiary/aromatic N) is 5. The van der Waals surface area contributed by atoms with Gasteiger partial charge in [-0.05, 0) is 31.6 Å². The molecule has 0 aromatic heterocycles. The van der Waals surface area contributed by atoms with Gasteiger partial charge in [-0.15, -0.1) is 0 Å². The van der Waals surface area contributed by atoms with Gasteiger partial charge in [0.15, 0.2) is 0 Å². The Morgan fingerprint density at radius 3 is 1.94 bits per heavy atom. The van der Waals surface area contributed by atoms with Crippen LogP contribution in [0, 0.1) is 17.8 Å². The maximum absolute atomic E-state index is 3.73. The molecule has 3 saturated heterocycles. The highest BCUT2D eigenvalue weighted by molar-refractivity contribution is 14.1. The predicted octanol–water partition coefficient (Wildman–Crippen LogP) is 3.33. The van der Waals surface area contributed by atoms with E-state index in [2.05, 4.69) is 106 Å². The number of hydrogen-bond acceptors (Lipinski definition) is 6. The van der Waals surface area contributed by atoms with Crippen molar-refractivity contribution in [3.63, 3.8) is 0 Å². The lowest BCUT2D eigenvalue weighted by atomic mass is 9.92. The van der Waals surface area contributed by atoms with Crippen LogP contribution in [-0.4, -0.2) is 125 Å². The molecule has 0 radical (unpaired) electrons.